The van der Waals surface area contributed by atoms with E-state index in [1.54, 1.807) is 0 Å². The van der Waals surface area contributed by atoms with Crippen molar-refractivity contribution in [1.29, 1.82) is 0 Å². The minimum absolute atomic E-state index is 0.663. The molecule has 0 radical (unpaired) electrons. The summed E-state index contributed by atoms with van der Waals surface area (Å²) in [6, 6.07) is 2.14. The third-order valence-electron chi connectivity index (χ3n) is 2.35. The quantitative estimate of drug-likeness (QED) is 0.823. The van der Waals surface area contributed by atoms with Crippen LogP contribution in [0.2, 0.25) is 0 Å². The Hall–Kier alpha value is -1.02. The first-order chi connectivity index (χ1) is 7.13. The molecule has 0 aliphatic rings. The van der Waals surface area contributed by atoms with Gasteiger partial charge in [-0.25, -0.2) is 0 Å². The Morgan fingerprint density at radius 3 is 2.87 bits per heavy atom. The first-order valence-corrected chi connectivity index (χ1v) is 6.11. The molecular formula is C10H12N4W. The third-order valence-corrected chi connectivity index (χ3v) is 4.49. The van der Waals surface area contributed by atoms with Gasteiger partial charge in [0.2, 0.25) is 0 Å². The third kappa shape index (κ3) is 1.74. The average Bonchev–Trinajstić information content (AvgIpc) is 2.26. The number of hydrogen-bond donors (Lipinski definition) is 1. The Labute approximate surface area is 98.8 Å². The normalized spacial score (nSPS) is 10.6. The summed E-state index contributed by atoms with van der Waals surface area (Å²) in [5.41, 5.74) is 2.27. The number of fused-ring (bicyclic) bond motifs is 1. The first-order valence-electron chi connectivity index (χ1n) is 4.64. The Bertz CT molecular complexity index is 573. The molecule has 0 spiro atoms. The topological polar surface area (TPSA) is 42.7 Å². The molecule has 2 heterocycles. The van der Waals surface area contributed by atoms with Crippen molar-refractivity contribution >= 4 is 17.0 Å². The van der Waals surface area contributed by atoms with Crippen LogP contribution in [-0.4, -0.2) is 21.6 Å². The van der Waals surface area contributed by atoms with Crippen molar-refractivity contribution in [3.8, 4) is 0 Å². The van der Waals surface area contributed by atoms with E-state index < -0.39 is 0 Å². The van der Waals surface area contributed by atoms with Crippen LogP contribution < -0.4 is 5.32 Å². The molecule has 0 amide bonds. The molecule has 0 atom stereocenters. The fourth-order valence-corrected chi connectivity index (χ4v) is 2.05. The van der Waals surface area contributed by atoms with E-state index in [1.807, 2.05) is 20.3 Å². The molecule has 0 saturated heterocycles. The number of anilines is 1. The SMILES string of the molecule is CNc1ncc2cc(C)[c](=[W])n(C)c2n1. The van der Waals surface area contributed by atoms with Crippen molar-refractivity contribution in [3.63, 3.8) is 0 Å². The van der Waals surface area contributed by atoms with Crippen LogP contribution in [0.15, 0.2) is 12.3 Å². The van der Waals surface area contributed by atoms with Crippen molar-refractivity contribution in [2.45, 2.75) is 6.92 Å². The summed E-state index contributed by atoms with van der Waals surface area (Å²) in [7, 11) is 3.87. The van der Waals surface area contributed by atoms with E-state index in [0.29, 0.717) is 5.95 Å². The Balaban J connectivity index is 2.88. The average molecular weight is 372 g/mol. The number of pyridine rings is 1. The van der Waals surface area contributed by atoms with E-state index in [2.05, 4.69) is 32.8 Å². The van der Waals surface area contributed by atoms with Gasteiger partial charge in [0.05, 0.1) is 0 Å². The predicted octanol–water partition coefficient (Wildman–Crippen LogP) is 1.40. The zero-order chi connectivity index (χ0) is 11.0. The summed E-state index contributed by atoms with van der Waals surface area (Å²) in [4.78, 5) is 8.66. The van der Waals surface area contributed by atoms with Crippen LogP contribution in [0.3, 0.4) is 0 Å². The molecule has 0 aliphatic carbocycles. The summed E-state index contributed by atoms with van der Waals surface area (Å²) in [6.45, 7) is 2.12. The van der Waals surface area contributed by atoms with Crippen molar-refractivity contribution in [1.82, 2.24) is 14.5 Å². The summed E-state index contributed by atoms with van der Waals surface area (Å²) in [5, 5.41) is 4.03. The van der Waals surface area contributed by atoms with E-state index in [9.17, 15) is 0 Å². The number of rotatable bonds is 1. The van der Waals surface area contributed by atoms with Gasteiger partial charge < -0.3 is 0 Å². The molecule has 15 heavy (non-hydrogen) atoms. The predicted molar refractivity (Wildman–Crippen MR) is 56.0 cm³/mol. The maximum atomic E-state index is 4.45. The van der Waals surface area contributed by atoms with Gasteiger partial charge in [-0.2, -0.15) is 0 Å². The molecule has 0 bridgehead atoms. The second-order valence-corrected chi connectivity index (χ2v) is 4.80. The monoisotopic (exact) mass is 372 g/mol. The fraction of sp³-hybridized carbons (Fsp3) is 0.300. The zero-order valence-corrected chi connectivity index (χ0v) is 11.8. The van der Waals surface area contributed by atoms with Gasteiger partial charge in [0, 0.05) is 0 Å². The van der Waals surface area contributed by atoms with E-state index >= 15 is 0 Å². The van der Waals surface area contributed by atoms with Gasteiger partial charge in [0.1, 0.15) is 0 Å². The van der Waals surface area contributed by atoms with E-state index in [0.717, 1.165) is 11.0 Å². The molecule has 1 N–H and O–H groups in total. The van der Waals surface area contributed by atoms with Crippen LogP contribution in [0, 0.1) is 10.6 Å². The second-order valence-electron chi connectivity index (χ2n) is 3.41. The number of nitrogens with zero attached hydrogens (tertiary/aromatic N) is 3. The summed E-state index contributed by atoms with van der Waals surface area (Å²) < 4.78 is 3.44. The molecule has 78 valence electrons. The molecular weight excluding hydrogens is 360 g/mol. The number of nitrogens with one attached hydrogen (secondary N) is 1. The van der Waals surface area contributed by atoms with Crippen molar-refractivity contribution in [2.75, 3.05) is 12.4 Å². The Morgan fingerprint density at radius 1 is 1.47 bits per heavy atom. The van der Waals surface area contributed by atoms with Crippen LogP contribution in [-0.2, 0) is 26.4 Å². The number of hydrogen-bond acceptors (Lipinski definition) is 3. The zero-order valence-electron chi connectivity index (χ0n) is 8.90. The molecule has 2 aromatic rings. The summed E-state index contributed by atoms with van der Waals surface area (Å²) in [6.07, 6.45) is 1.86. The molecule has 4 nitrogen and oxygen atoms in total. The number of aromatic nitrogens is 3. The van der Waals surface area contributed by atoms with Gasteiger partial charge in [-0.05, 0) is 0 Å². The molecule has 5 heteroatoms. The van der Waals surface area contributed by atoms with Gasteiger partial charge in [0.15, 0.2) is 0 Å². The Morgan fingerprint density at radius 2 is 2.20 bits per heavy atom. The van der Waals surface area contributed by atoms with E-state index in [4.69, 9.17) is 0 Å². The van der Waals surface area contributed by atoms with Gasteiger partial charge in [0.25, 0.3) is 0 Å². The Kier molecular flexibility index (Phi) is 2.70. The summed E-state index contributed by atoms with van der Waals surface area (Å²) >= 11 is 1.46. The fourth-order valence-electron chi connectivity index (χ4n) is 1.53. The van der Waals surface area contributed by atoms with E-state index in [-0.39, 0.29) is 0 Å². The van der Waals surface area contributed by atoms with Crippen LogP contribution in [0.25, 0.3) is 11.0 Å². The number of aryl methyl sites for hydroxylation is 2. The molecule has 0 aliphatic heterocycles. The maximum absolute atomic E-state index is 4.45. The van der Waals surface area contributed by atoms with Gasteiger partial charge in [-0.15, -0.1) is 0 Å². The molecule has 2 rings (SSSR count). The van der Waals surface area contributed by atoms with Crippen LogP contribution in [0.5, 0.6) is 0 Å². The summed E-state index contributed by atoms with van der Waals surface area (Å²) in [5.74, 6) is 0.663. The molecule has 0 unspecified atom stereocenters. The van der Waals surface area contributed by atoms with Gasteiger partial charge in [-0.1, -0.05) is 0 Å². The molecule has 2 aromatic heterocycles. The van der Waals surface area contributed by atoms with Gasteiger partial charge >= 0.3 is 98.7 Å². The minimum atomic E-state index is 0.663. The molecule has 0 aromatic carbocycles. The van der Waals surface area contributed by atoms with Crippen molar-refractivity contribution < 1.29 is 19.4 Å². The van der Waals surface area contributed by atoms with Crippen molar-refractivity contribution in [2.24, 2.45) is 7.05 Å². The van der Waals surface area contributed by atoms with Crippen LogP contribution >= 0.6 is 0 Å². The van der Waals surface area contributed by atoms with Crippen molar-refractivity contribution in [3.05, 3.63) is 21.5 Å². The second kappa shape index (κ2) is 3.85. The van der Waals surface area contributed by atoms with Gasteiger partial charge in [-0.3, -0.25) is 0 Å². The standard InChI is InChI=1S/C10H12N4.W/c1-7-4-8-5-12-10(11-2)13-9(8)14(3)6-7;/h4-5H,1-3H3,(H,11,12,13);. The molecule has 0 fully saturated rings. The molecule has 0 saturated carbocycles. The van der Waals surface area contributed by atoms with E-state index in [1.165, 1.54) is 28.6 Å². The van der Waals surface area contributed by atoms with Crippen LogP contribution in [0.4, 0.5) is 5.95 Å². The van der Waals surface area contributed by atoms with Crippen LogP contribution in [0.1, 0.15) is 5.56 Å². The first kappa shape index (κ1) is 10.5.